The Balaban J connectivity index is 2.57. The Kier molecular flexibility index (Phi) is 6.52. The summed E-state index contributed by atoms with van der Waals surface area (Å²) in [5.74, 6) is -0.144. The summed E-state index contributed by atoms with van der Waals surface area (Å²) in [6.07, 6.45) is 0.381. The monoisotopic (exact) mass is 294 g/mol. The van der Waals surface area contributed by atoms with Crippen molar-refractivity contribution in [1.82, 2.24) is 5.32 Å². The van der Waals surface area contributed by atoms with Crippen LogP contribution in [0.5, 0.6) is 5.75 Å². The molecule has 6 heteroatoms. The first-order chi connectivity index (χ1) is 9.92. The number of nitrogens with one attached hydrogen (secondary N) is 2. The number of hydrogen-bond donors (Lipinski definition) is 3. The van der Waals surface area contributed by atoms with Crippen molar-refractivity contribution >= 4 is 17.7 Å². The van der Waals surface area contributed by atoms with E-state index in [0.717, 1.165) is 0 Å². The smallest absolute Gasteiger partial charge is 0.326 e. The predicted molar refractivity (Wildman–Crippen MR) is 80.6 cm³/mol. The average molecular weight is 294 g/mol. The molecule has 1 aromatic rings. The van der Waals surface area contributed by atoms with Crippen LogP contribution < -0.4 is 15.4 Å². The summed E-state index contributed by atoms with van der Waals surface area (Å²) in [6.45, 7) is 6.27. The van der Waals surface area contributed by atoms with Crippen molar-refractivity contribution in [2.75, 3.05) is 11.9 Å². The van der Waals surface area contributed by atoms with Gasteiger partial charge < -0.3 is 20.5 Å². The summed E-state index contributed by atoms with van der Waals surface area (Å²) in [7, 11) is 0. The van der Waals surface area contributed by atoms with Crippen LogP contribution >= 0.6 is 0 Å². The predicted octanol–water partition coefficient (Wildman–Crippen LogP) is 2.71. The van der Waals surface area contributed by atoms with Gasteiger partial charge in [-0.1, -0.05) is 13.8 Å². The molecule has 116 valence electrons. The third-order valence-corrected chi connectivity index (χ3v) is 2.73. The van der Waals surface area contributed by atoms with Gasteiger partial charge in [-0.2, -0.15) is 0 Å². The van der Waals surface area contributed by atoms with Gasteiger partial charge in [0.2, 0.25) is 0 Å². The minimum atomic E-state index is -1.04. The summed E-state index contributed by atoms with van der Waals surface area (Å²) in [6, 6.07) is 5.44. The fourth-order valence-corrected chi connectivity index (χ4v) is 1.82. The van der Waals surface area contributed by atoms with Gasteiger partial charge in [0.15, 0.2) is 0 Å². The zero-order valence-corrected chi connectivity index (χ0v) is 12.6. The SMILES string of the molecule is CCOc1ccc(NC(=O)NC(CC(C)C)C(=O)O)cc1. The van der Waals surface area contributed by atoms with Crippen LogP contribution in [0.15, 0.2) is 24.3 Å². The van der Waals surface area contributed by atoms with Gasteiger partial charge in [0.1, 0.15) is 11.8 Å². The number of carbonyl (C=O) groups excluding carboxylic acids is 1. The maximum atomic E-state index is 11.8. The fourth-order valence-electron chi connectivity index (χ4n) is 1.82. The number of hydrogen-bond acceptors (Lipinski definition) is 3. The first kappa shape index (κ1) is 16.8. The summed E-state index contributed by atoms with van der Waals surface area (Å²) >= 11 is 0. The van der Waals surface area contributed by atoms with E-state index in [1.807, 2.05) is 20.8 Å². The van der Waals surface area contributed by atoms with E-state index in [1.165, 1.54) is 0 Å². The number of carboxylic acid groups (broad SMARTS) is 1. The van der Waals surface area contributed by atoms with Gasteiger partial charge in [-0.05, 0) is 43.5 Å². The second-order valence-corrected chi connectivity index (χ2v) is 5.08. The van der Waals surface area contributed by atoms with Crippen molar-refractivity contribution in [3.05, 3.63) is 24.3 Å². The molecule has 0 saturated carbocycles. The maximum absolute atomic E-state index is 11.8. The lowest BCUT2D eigenvalue weighted by Crippen LogP contribution is -2.43. The number of carbonyl (C=O) groups is 2. The van der Waals surface area contributed by atoms with Crippen molar-refractivity contribution in [2.24, 2.45) is 5.92 Å². The Bertz CT molecular complexity index is 471. The van der Waals surface area contributed by atoms with Crippen molar-refractivity contribution in [3.8, 4) is 5.75 Å². The zero-order valence-electron chi connectivity index (χ0n) is 12.6. The first-order valence-electron chi connectivity index (χ1n) is 6.95. The van der Waals surface area contributed by atoms with Crippen molar-refractivity contribution in [1.29, 1.82) is 0 Å². The number of aliphatic carboxylic acids is 1. The molecule has 6 nitrogen and oxygen atoms in total. The Morgan fingerprint density at radius 2 is 1.86 bits per heavy atom. The second-order valence-electron chi connectivity index (χ2n) is 5.08. The lowest BCUT2D eigenvalue weighted by Gasteiger charge is -2.17. The highest BCUT2D eigenvalue weighted by molar-refractivity contribution is 5.92. The first-order valence-corrected chi connectivity index (χ1v) is 6.95. The van der Waals surface area contributed by atoms with E-state index in [1.54, 1.807) is 24.3 Å². The highest BCUT2D eigenvalue weighted by Crippen LogP contribution is 2.15. The van der Waals surface area contributed by atoms with E-state index >= 15 is 0 Å². The van der Waals surface area contributed by atoms with E-state index in [-0.39, 0.29) is 5.92 Å². The fraction of sp³-hybridized carbons (Fsp3) is 0.467. The van der Waals surface area contributed by atoms with E-state index in [0.29, 0.717) is 24.5 Å². The molecule has 1 rings (SSSR count). The molecule has 0 fully saturated rings. The van der Waals surface area contributed by atoms with E-state index in [4.69, 9.17) is 9.84 Å². The number of anilines is 1. The summed E-state index contributed by atoms with van der Waals surface area (Å²) in [5.41, 5.74) is 0.574. The van der Waals surface area contributed by atoms with Gasteiger partial charge in [0.25, 0.3) is 0 Å². The van der Waals surface area contributed by atoms with Crippen LogP contribution in [0, 0.1) is 5.92 Å². The number of benzene rings is 1. The van der Waals surface area contributed by atoms with Crippen LogP contribution in [0.4, 0.5) is 10.5 Å². The summed E-state index contributed by atoms with van der Waals surface area (Å²) < 4.78 is 5.30. The number of rotatable bonds is 7. The van der Waals surface area contributed by atoms with Crippen LogP contribution in [-0.2, 0) is 4.79 Å². The molecule has 0 aliphatic heterocycles. The topological polar surface area (TPSA) is 87.7 Å². The molecule has 1 unspecified atom stereocenters. The lowest BCUT2D eigenvalue weighted by molar-refractivity contribution is -0.139. The molecule has 0 heterocycles. The van der Waals surface area contributed by atoms with Crippen LogP contribution in [0.25, 0.3) is 0 Å². The summed E-state index contributed by atoms with van der Waals surface area (Å²) in [5, 5.41) is 14.1. The van der Waals surface area contributed by atoms with Crippen LogP contribution in [0.2, 0.25) is 0 Å². The van der Waals surface area contributed by atoms with Gasteiger partial charge in [-0.15, -0.1) is 0 Å². The van der Waals surface area contributed by atoms with E-state index in [2.05, 4.69) is 10.6 Å². The molecule has 21 heavy (non-hydrogen) atoms. The highest BCUT2D eigenvalue weighted by atomic mass is 16.5. The van der Waals surface area contributed by atoms with Gasteiger partial charge in [0.05, 0.1) is 6.61 Å². The summed E-state index contributed by atoms with van der Waals surface area (Å²) in [4.78, 5) is 22.9. The zero-order chi connectivity index (χ0) is 15.8. The average Bonchev–Trinajstić information content (AvgIpc) is 2.40. The van der Waals surface area contributed by atoms with Gasteiger partial charge >= 0.3 is 12.0 Å². The van der Waals surface area contributed by atoms with Gasteiger partial charge in [0, 0.05) is 5.69 Å². The molecular formula is C15H22N2O4. The van der Waals surface area contributed by atoms with Crippen molar-refractivity contribution in [2.45, 2.75) is 33.2 Å². The third kappa shape index (κ3) is 6.16. The maximum Gasteiger partial charge on any atom is 0.326 e. The number of amides is 2. The molecule has 3 N–H and O–H groups in total. The van der Waals surface area contributed by atoms with Crippen molar-refractivity contribution < 1.29 is 19.4 Å². The lowest BCUT2D eigenvalue weighted by atomic mass is 10.0. The molecule has 0 radical (unpaired) electrons. The quantitative estimate of drug-likeness (QED) is 0.721. The molecule has 0 bridgehead atoms. The Morgan fingerprint density at radius 1 is 1.24 bits per heavy atom. The van der Waals surface area contributed by atoms with Crippen molar-refractivity contribution in [3.63, 3.8) is 0 Å². The molecule has 1 atom stereocenters. The molecular weight excluding hydrogens is 272 g/mol. The second kappa shape index (κ2) is 8.14. The molecule has 2 amide bonds. The van der Waals surface area contributed by atoms with E-state index < -0.39 is 18.0 Å². The molecule has 0 aromatic heterocycles. The van der Waals surface area contributed by atoms with Crippen LogP contribution in [0.1, 0.15) is 27.2 Å². The molecule has 0 aliphatic carbocycles. The number of urea groups is 1. The Morgan fingerprint density at radius 3 is 2.33 bits per heavy atom. The minimum Gasteiger partial charge on any atom is -0.494 e. The highest BCUT2D eigenvalue weighted by Gasteiger charge is 2.20. The molecule has 1 aromatic carbocycles. The minimum absolute atomic E-state index is 0.178. The molecule has 0 aliphatic rings. The molecule has 0 saturated heterocycles. The van der Waals surface area contributed by atoms with Gasteiger partial charge in [-0.25, -0.2) is 9.59 Å². The standard InChI is InChI=1S/C15H22N2O4/c1-4-21-12-7-5-11(6-8-12)16-15(20)17-13(14(18)19)9-10(2)3/h5-8,10,13H,4,9H2,1-3H3,(H,18,19)(H2,16,17,20). The normalized spacial score (nSPS) is 11.8. The largest absolute Gasteiger partial charge is 0.494 e. The van der Waals surface area contributed by atoms with Crippen LogP contribution in [-0.4, -0.2) is 29.8 Å². The molecule has 0 spiro atoms. The van der Waals surface area contributed by atoms with Gasteiger partial charge in [-0.3, -0.25) is 0 Å². The Hall–Kier alpha value is -2.24. The Labute approximate surface area is 124 Å². The number of carboxylic acids is 1. The van der Waals surface area contributed by atoms with E-state index in [9.17, 15) is 9.59 Å². The van der Waals surface area contributed by atoms with Crippen LogP contribution in [0.3, 0.4) is 0 Å². The number of ether oxygens (including phenoxy) is 1. The third-order valence-electron chi connectivity index (χ3n) is 2.73.